The largest absolute Gasteiger partial charge is 0.319 e. The maximum absolute atomic E-state index is 11.8. The molecular weight excluding hydrogens is 332 g/mol. The number of hydrogen-bond acceptors (Lipinski definition) is 4. The number of aromatic nitrogens is 3. The molecule has 1 aliphatic rings. The zero-order chi connectivity index (χ0) is 17.2. The highest BCUT2D eigenvalue weighted by Crippen LogP contribution is 2.30. The lowest BCUT2D eigenvalue weighted by atomic mass is 9.90. The predicted molar refractivity (Wildman–Crippen MR) is 101 cm³/mol. The van der Waals surface area contributed by atoms with Gasteiger partial charge in [0.1, 0.15) is 0 Å². The number of aryl methyl sites for hydroxylation is 1. The number of hydrogen-bond donors (Lipinski definition) is 1. The summed E-state index contributed by atoms with van der Waals surface area (Å²) in [5.74, 6) is 0.508. The zero-order valence-corrected chi connectivity index (χ0v) is 15.1. The Kier molecular flexibility index (Phi) is 4.55. The van der Waals surface area contributed by atoms with E-state index in [1.807, 2.05) is 23.6 Å². The Morgan fingerprint density at radius 1 is 1.24 bits per heavy atom. The molecule has 0 aliphatic carbocycles. The Morgan fingerprint density at radius 3 is 2.80 bits per heavy atom. The van der Waals surface area contributed by atoms with E-state index >= 15 is 0 Å². The molecule has 1 aliphatic heterocycles. The van der Waals surface area contributed by atoms with E-state index in [1.165, 1.54) is 15.3 Å². The Hall–Kier alpha value is -2.18. The summed E-state index contributed by atoms with van der Waals surface area (Å²) in [5.41, 5.74) is 2.37. The van der Waals surface area contributed by atoms with Crippen LogP contribution < -0.4 is 5.56 Å². The molecule has 0 amide bonds. The molecule has 6 heteroatoms. The van der Waals surface area contributed by atoms with Gasteiger partial charge in [-0.15, -0.1) is 11.3 Å². The number of likely N-dealkylation sites (tertiary alicyclic amines) is 1. The van der Waals surface area contributed by atoms with Crippen LogP contribution in [-0.2, 0) is 13.6 Å². The summed E-state index contributed by atoms with van der Waals surface area (Å²) in [4.78, 5) is 17.0. The molecule has 5 nitrogen and oxygen atoms in total. The lowest BCUT2D eigenvalue weighted by Gasteiger charge is -2.31. The molecule has 1 N–H and O–H groups in total. The second-order valence-corrected chi connectivity index (χ2v) is 7.86. The van der Waals surface area contributed by atoms with Gasteiger partial charge in [-0.25, -0.2) is 0 Å². The third kappa shape index (κ3) is 3.60. The standard InChI is InChI=1S/C19H22N4OS/c1-22-9-5-15(12-19(22)24)14-6-10-23(11-7-14)13-16-2-3-18(25-16)17-4-8-20-21-17/h2-5,8-9,12,14H,6-7,10-11,13H2,1H3,(H,20,21). The smallest absolute Gasteiger partial charge is 0.250 e. The van der Waals surface area contributed by atoms with E-state index in [0.717, 1.165) is 38.2 Å². The van der Waals surface area contributed by atoms with E-state index in [0.29, 0.717) is 5.92 Å². The first kappa shape index (κ1) is 16.3. The Bertz CT molecular complexity index is 888. The number of piperidine rings is 1. The van der Waals surface area contributed by atoms with Crippen molar-refractivity contribution in [1.82, 2.24) is 19.7 Å². The van der Waals surface area contributed by atoms with Gasteiger partial charge >= 0.3 is 0 Å². The minimum absolute atomic E-state index is 0.0878. The highest BCUT2D eigenvalue weighted by atomic mass is 32.1. The SMILES string of the molecule is Cn1ccc(C2CCN(Cc3ccc(-c4ccn[nH]4)s3)CC2)cc1=O. The summed E-state index contributed by atoms with van der Waals surface area (Å²) >= 11 is 1.83. The summed E-state index contributed by atoms with van der Waals surface area (Å²) in [6, 6.07) is 10.3. The van der Waals surface area contributed by atoms with Gasteiger partial charge in [0.2, 0.25) is 0 Å². The van der Waals surface area contributed by atoms with Crippen molar-refractivity contribution in [3.8, 4) is 10.6 Å². The molecule has 130 valence electrons. The topological polar surface area (TPSA) is 53.9 Å². The highest BCUT2D eigenvalue weighted by Gasteiger charge is 2.21. The minimum Gasteiger partial charge on any atom is -0.319 e. The average Bonchev–Trinajstić information content (AvgIpc) is 3.29. The number of rotatable bonds is 4. The van der Waals surface area contributed by atoms with Gasteiger partial charge < -0.3 is 4.57 Å². The fraction of sp³-hybridized carbons (Fsp3) is 0.368. The van der Waals surface area contributed by atoms with Crippen LogP contribution in [-0.4, -0.2) is 32.8 Å². The van der Waals surface area contributed by atoms with E-state index in [9.17, 15) is 4.79 Å². The van der Waals surface area contributed by atoms with Gasteiger partial charge in [0.25, 0.3) is 5.56 Å². The maximum atomic E-state index is 11.8. The van der Waals surface area contributed by atoms with Crippen LogP contribution in [0, 0.1) is 0 Å². The average molecular weight is 354 g/mol. The van der Waals surface area contributed by atoms with Crippen LogP contribution >= 0.6 is 11.3 Å². The molecule has 0 saturated carbocycles. The van der Waals surface area contributed by atoms with E-state index in [1.54, 1.807) is 23.9 Å². The van der Waals surface area contributed by atoms with Crippen LogP contribution in [0.2, 0.25) is 0 Å². The Labute approximate surface area is 150 Å². The fourth-order valence-corrected chi connectivity index (χ4v) is 4.49. The maximum Gasteiger partial charge on any atom is 0.250 e. The zero-order valence-electron chi connectivity index (χ0n) is 14.3. The first-order valence-corrected chi connectivity index (χ1v) is 9.48. The summed E-state index contributed by atoms with van der Waals surface area (Å²) in [6.07, 6.45) is 5.90. The molecule has 0 bridgehead atoms. The van der Waals surface area contributed by atoms with E-state index < -0.39 is 0 Å². The van der Waals surface area contributed by atoms with Crippen molar-refractivity contribution in [3.05, 3.63) is 63.5 Å². The number of aromatic amines is 1. The van der Waals surface area contributed by atoms with Gasteiger partial charge in [-0.3, -0.25) is 14.8 Å². The van der Waals surface area contributed by atoms with E-state index in [2.05, 4.69) is 33.3 Å². The summed E-state index contributed by atoms with van der Waals surface area (Å²) in [5, 5.41) is 7.04. The second kappa shape index (κ2) is 6.98. The molecule has 0 radical (unpaired) electrons. The summed E-state index contributed by atoms with van der Waals surface area (Å²) in [7, 11) is 1.80. The van der Waals surface area contributed by atoms with Gasteiger partial charge in [-0.1, -0.05) is 0 Å². The van der Waals surface area contributed by atoms with Crippen molar-refractivity contribution >= 4 is 11.3 Å². The van der Waals surface area contributed by atoms with Crippen LogP contribution in [0.4, 0.5) is 0 Å². The molecule has 3 aromatic heterocycles. The molecular formula is C19H22N4OS. The molecule has 0 aromatic carbocycles. The fourth-order valence-electron chi connectivity index (χ4n) is 3.46. The molecule has 0 spiro atoms. The van der Waals surface area contributed by atoms with Crippen LogP contribution in [0.3, 0.4) is 0 Å². The van der Waals surface area contributed by atoms with Crippen LogP contribution in [0.1, 0.15) is 29.2 Å². The first-order valence-electron chi connectivity index (χ1n) is 8.66. The molecule has 1 fully saturated rings. The quantitative estimate of drug-likeness (QED) is 0.783. The van der Waals surface area contributed by atoms with Crippen molar-refractivity contribution < 1.29 is 0 Å². The second-order valence-electron chi connectivity index (χ2n) is 6.70. The summed E-state index contributed by atoms with van der Waals surface area (Å²) < 4.78 is 1.63. The third-order valence-electron chi connectivity index (χ3n) is 4.99. The lowest BCUT2D eigenvalue weighted by Crippen LogP contribution is -2.32. The highest BCUT2D eigenvalue weighted by molar-refractivity contribution is 7.15. The molecule has 4 heterocycles. The lowest BCUT2D eigenvalue weighted by molar-refractivity contribution is 0.206. The number of thiophene rings is 1. The Balaban J connectivity index is 1.36. The minimum atomic E-state index is 0.0878. The van der Waals surface area contributed by atoms with Gasteiger partial charge in [0, 0.05) is 36.9 Å². The number of nitrogens with one attached hydrogen (secondary N) is 1. The molecule has 0 atom stereocenters. The first-order chi connectivity index (χ1) is 12.2. The normalized spacial score (nSPS) is 16.4. The number of pyridine rings is 1. The van der Waals surface area contributed by atoms with Crippen LogP contribution in [0.25, 0.3) is 10.6 Å². The molecule has 0 unspecified atom stereocenters. The molecule has 1 saturated heterocycles. The van der Waals surface area contributed by atoms with Crippen molar-refractivity contribution in [2.45, 2.75) is 25.3 Å². The predicted octanol–water partition coefficient (Wildman–Crippen LogP) is 3.22. The van der Waals surface area contributed by atoms with Crippen molar-refractivity contribution in [3.63, 3.8) is 0 Å². The van der Waals surface area contributed by atoms with E-state index in [-0.39, 0.29) is 5.56 Å². The third-order valence-corrected chi connectivity index (χ3v) is 6.10. The van der Waals surface area contributed by atoms with Gasteiger partial charge in [0.05, 0.1) is 10.6 Å². The molecule has 3 aromatic rings. The number of H-pyrrole nitrogens is 1. The summed E-state index contributed by atoms with van der Waals surface area (Å²) in [6.45, 7) is 3.16. The Morgan fingerprint density at radius 2 is 2.08 bits per heavy atom. The van der Waals surface area contributed by atoms with Crippen molar-refractivity contribution in [2.75, 3.05) is 13.1 Å². The van der Waals surface area contributed by atoms with Gasteiger partial charge in [0.15, 0.2) is 0 Å². The van der Waals surface area contributed by atoms with Crippen molar-refractivity contribution in [1.29, 1.82) is 0 Å². The van der Waals surface area contributed by atoms with Crippen LogP contribution in [0.5, 0.6) is 0 Å². The van der Waals surface area contributed by atoms with E-state index in [4.69, 9.17) is 0 Å². The monoisotopic (exact) mass is 354 g/mol. The van der Waals surface area contributed by atoms with Crippen LogP contribution in [0.15, 0.2) is 47.5 Å². The molecule has 4 rings (SSSR count). The van der Waals surface area contributed by atoms with Gasteiger partial charge in [-0.05, 0) is 61.7 Å². The van der Waals surface area contributed by atoms with Crippen molar-refractivity contribution in [2.24, 2.45) is 7.05 Å². The van der Waals surface area contributed by atoms with Gasteiger partial charge in [-0.2, -0.15) is 5.10 Å². The number of nitrogens with zero attached hydrogens (tertiary/aromatic N) is 3. The molecule has 25 heavy (non-hydrogen) atoms.